The van der Waals surface area contributed by atoms with Crippen molar-refractivity contribution in [3.8, 4) is 11.5 Å². The first-order valence-corrected chi connectivity index (χ1v) is 8.83. The zero-order valence-corrected chi connectivity index (χ0v) is 15.2. The number of hydrogen-bond donors (Lipinski definition) is 1. The Labute approximate surface area is 154 Å². The number of methoxy groups -OCH3 is 1. The molecule has 0 radical (unpaired) electrons. The summed E-state index contributed by atoms with van der Waals surface area (Å²) in [5.74, 6) is 1.64. The molecule has 5 heteroatoms. The van der Waals surface area contributed by atoms with E-state index in [1.807, 2.05) is 48.5 Å². The second-order valence-electron chi connectivity index (χ2n) is 5.71. The van der Waals surface area contributed by atoms with Crippen LogP contribution < -0.4 is 14.8 Å². The molecule has 0 spiro atoms. The van der Waals surface area contributed by atoms with Crippen LogP contribution in [-0.4, -0.2) is 26.2 Å². The number of benzene rings is 2. The van der Waals surface area contributed by atoms with Gasteiger partial charge in [-0.15, -0.1) is 0 Å². The van der Waals surface area contributed by atoms with E-state index >= 15 is 0 Å². The van der Waals surface area contributed by atoms with Gasteiger partial charge < -0.3 is 14.8 Å². The van der Waals surface area contributed by atoms with Gasteiger partial charge in [-0.3, -0.25) is 4.79 Å². The average molecular weight is 362 g/mol. The normalized spacial score (nSPS) is 10.3. The topological polar surface area (TPSA) is 47.6 Å². The van der Waals surface area contributed by atoms with E-state index in [0.717, 1.165) is 29.4 Å². The molecule has 0 bridgehead atoms. The smallest absolute Gasteiger partial charge is 0.220 e. The summed E-state index contributed by atoms with van der Waals surface area (Å²) in [5.41, 5.74) is 1.23. The van der Waals surface area contributed by atoms with Gasteiger partial charge >= 0.3 is 0 Å². The van der Waals surface area contributed by atoms with E-state index < -0.39 is 0 Å². The molecule has 4 nitrogen and oxygen atoms in total. The molecule has 2 rings (SSSR count). The van der Waals surface area contributed by atoms with Crippen molar-refractivity contribution in [2.75, 3.05) is 20.3 Å². The number of carbonyl (C=O) groups excluding carboxylic acids is 1. The van der Waals surface area contributed by atoms with Crippen molar-refractivity contribution < 1.29 is 14.3 Å². The third kappa shape index (κ3) is 7.48. The number of ether oxygens (including phenoxy) is 2. The standard InChI is InChI=1S/C20H24ClNO3/c1-24-18-10-12-19(13-11-18)25-15-3-5-20(23)22-14-2-4-16-6-8-17(21)9-7-16/h6-13H,2-5,14-15H2,1H3,(H,22,23). The van der Waals surface area contributed by atoms with E-state index in [1.165, 1.54) is 5.56 Å². The maximum Gasteiger partial charge on any atom is 0.220 e. The van der Waals surface area contributed by atoms with E-state index in [-0.39, 0.29) is 5.91 Å². The van der Waals surface area contributed by atoms with Crippen molar-refractivity contribution in [1.82, 2.24) is 5.32 Å². The first-order chi connectivity index (χ1) is 12.2. The molecule has 2 aromatic carbocycles. The number of rotatable bonds is 10. The van der Waals surface area contributed by atoms with Crippen LogP contribution in [0.15, 0.2) is 48.5 Å². The van der Waals surface area contributed by atoms with Gasteiger partial charge in [0.1, 0.15) is 11.5 Å². The van der Waals surface area contributed by atoms with Crippen molar-refractivity contribution in [3.63, 3.8) is 0 Å². The minimum absolute atomic E-state index is 0.0643. The van der Waals surface area contributed by atoms with Gasteiger partial charge in [-0.05, 0) is 61.2 Å². The lowest BCUT2D eigenvalue weighted by Gasteiger charge is -2.08. The quantitative estimate of drug-likeness (QED) is 0.643. The molecule has 0 aliphatic heterocycles. The number of carbonyl (C=O) groups is 1. The molecule has 134 valence electrons. The Kier molecular flexibility index (Phi) is 8.13. The first kappa shape index (κ1) is 19.1. The molecule has 0 saturated carbocycles. The molecule has 0 unspecified atom stereocenters. The van der Waals surface area contributed by atoms with Gasteiger partial charge in [0.2, 0.25) is 5.91 Å². The predicted molar refractivity (Wildman–Crippen MR) is 101 cm³/mol. The second kappa shape index (κ2) is 10.6. The van der Waals surface area contributed by atoms with Gasteiger partial charge in [0, 0.05) is 18.0 Å². The summed E-state index contributed by atoms with van der Waals surface area (Å²) in [7, 11) is 1.63. The largest absolute Gasteiger partial charge is 0.497 e. The van der Waals surface area contributed by atoms with Crippen molar-refractivity contribution >= 4 is 17.5 Å². The summed E-state index contributed by atoms with van der Waals surface area (Å²) >= 11 is 5.85. The first-order valence-electron chi connectivity index (χ1n) is 8.45. The van der Waals surface area contributed by atoms with Crippen LogP contribution in [0.3, 0.4) is 0 Å². The molecular weight excluding hydrogens is 338 g/mol. The van der Waals surface area contributed by atoms with Crippen LogP contribution in [0.4, 0.5) is 0 Å². The predicted octanol–water partition coefficient (Wildman–Crippen LogP) is 4.26. The fourth-order valence-electron chi connectivity index (χ4n) is 2.35. The molecule has 25 heavy (non-hydrogen) atoms. The highest BCUT2D eigenvalue weighted by Gasteiger charge is 2.02. The van der Waals surface area contributed by atoms with E-state index in [4.69, 9.17) is 21.1 Å². The van der Waals surface area contributed by atoms with Crippen LogP contribution in [0.2, 0.25) is 5.02 Å². The van der Waals surface area contributed by atoms with Crippen molar-refractivity contribution in [1.29, 1.82) is 0 Å². The fourth-order valence-corrected chi connectivity index (χ4v) is 2.48. The molecule has 1 N–H and O–H groups in total. The summed E-state index contributed by atoms with van der Waals surface area (Å²) in [6.45, 7) is 1.20. The van der Waals surface area contributed by atoms with Gasteiger partial charge in [-0.25, -0.2) is 0 Å². The summed E-state index contributed by atoms with van der Waals surface area (Å²) < 4.78 is 10.7. The third-order valence-electron chi connectivity index (χ3n) is 3.75. The van der Waals surface area contributed by atoms with Crippen molar-refractivity contribution in [2.45, 2.75) is 25.7 Å². The zero-order chi connectivity index (χ0) is 17.9. The summed E-state index contributed by atoms with van der Waals surface area (Å²) in [4.78, 5) is 11.8. The van der Waals surface area contributed by atoms with Crippen LogP contribution >= 0.6 is 11.6 Å². The van der Waals surface area contributed by atoms with Crippen LogP contribution in [0.1, 0.15) is 24.8 Å². The Balaban J connectivity index is 1.52. The molecule has 0 saturated heterocycles. The minimum Gasteiger partial charge on any atom is -0.497 e. The molecule has 0 fully saturated rings. The molecular formula is C20H24ClNO3. The van der Waals surface area contributed by atoms with Gasteiger partial charge in [0.25, 0.3) is 0 Å². The van der Waals surface area contributed by atoms with Gasteiger partial charge in [0.05, 0.1) is 13.7 Å². The van der Waals surface area contributed by atoms with Crippen LogP contribution in [0.25, 0.3) is 0 Å². The van der Waals surface area contributed by atoms with Gasteiger partial charge in [-0.2, -0.15) is 0 Å². The monoisotopic (exact) mass is 361 g/mol. The van der Waals surface area contributed by atoms with Crippen LogP contribution in [0, 0.1) is 0 Å². The van der Waals surface area contributed by atoms with Crippen molar-refractivity contribution in [3.05, 3.63) is 59.1 Å². The number of halogens is 1. The molecule has 0 aromatic heterocycles. The molecule has 1 amide bonds. The Hall–Kier alpha value is -2.20. The van der Waals surface area contributed by atoms with Gasteiger partial charge in [-0.1, -0.05) is 23.7 Å². The Morgan fingerprint density at radius 2 is 1.68 bits per heavy atom. The fraction of sp³-hybridized carbons (Fsp3) is 0.350. The van der Waals surface area contributed by atoms with E-state index in [2.05, 4.69) is 5.32 Å². The third-order valence-corrected chi connectivity index (χ3v) is 4.01. The lowest BCUT2D eigenvalue weighted by Crippen LogP contribution is -2.24. The van der Waals surface area contributed by atoms with E-state index in [1.54, 1.807) is 7.11 Å². The highest BCUT2D eigenvalue weighted by molar-refractivity contribution is 6.30. The minimum atomic E-state index is 0.0643. The summed E-state index contributed by atoms with van der Waals surface area (Å²) in [5, 5.41) is 3.69. The average Bonchev–Trinajstić information content (AvgIpc) is 2.64. The maximum absolute atomic E-state index is 11.8. The molecule has 0 aliphatic rings. The molecule has 0 heterocycles. The van der Waals surface area contributed by atoms with E-state index in [0.29, 0.717) is 26.0 Å². The molecule has 2 aromatic rings. The van der Waals surface area contributed by atoms with Gasteiger partial charge in [0.15, 0.2) is 0 Å². The number of amides is 1. The molecule has 0 aliphatic carbocycles. The van der Waals surface area contributed by atoms with Crippen LogP contribution in [-0.2, 0) is 11.2 Å². The summed E-state index contributed by atoms with van der Waals surface area (Å²) in [6.07, 6.45) is 3.00. The van der Waals surface area contributed by atoms with E-state index in [9.17, 15) is 4.79 Å². The Morgan fingerprint density at radius 3 is 2.36 bits per heavy atom. The molecule has 0 atom stereocenters. The Morgan fingerprint density at radius 1 is 1.00 bits per heavy atom. The lowest BCUT2D eigenvalue weighted by atomic mass is 10.1. The summed E-state index contributed by atoms with van der Waals surface area (Å²) in [6, 6.07) is 15.2. The number of hydrogen-bond acceptors (Lipinski definition) is 3. The second-order valence-corrected chi connectivity index (χ2v) is 6.14. The maximum atomic E-state index is 11.8. The Bertz CT molecular complexity index is 641. The number of aryl methyl sites for hydroxylation is 1. The van der Waals surface area contributed by atoms with Crippen LogP contribution in [0.5, 0.6) is 11.5 Å². The highest BCUT2D eigenvalue weighted by atomic mass is 35.5. The lowest BCUT2D eigenvalue weighted by molar-refractivity contribution is -0.121. The zero-order valence-electron chi connectivity index (χ0n) is 14.5. The highest BCUT2D eigenvalue weighted by Crippen LogP contribution is 2.17. The number of nitrogens with one attached hydrogen (secondary N) is 1. The van der Waals surface area contributed by atoms with Crippen molar-refractivity contribution in [2.24, 2.45) is 0 Å². The SMILES string of the molecule is COc1ccc(OCCCC(=O)NCCCc2ccc(Cl)cc2)cc1.